The van der Waals surface area contributed by atoms with E-state index in [1.165, 1.54) is 41.6 Å². The maximum atomic E-state index is 13.0. The Balaban J connectivity index is 1.30. The Morgan fingerprint density at radius 3 is 2.44 bits per heavy atom. The fourth-order valence-corrected chi connectivity index (χ4v) is 4.48. The maximum Gasteiger partial charge on any atom is 0.339 e. The van der Waals surface area contributed by atoms with Crippen molar-refractivity contribution in [2.75, 3.05) is 24.2 Å². The molecular formula is C26H23FN2O4S. The van der Waals surface area contributed by atoms with Crippen molar-refractivity contribution in [3.8, 4) is 0 Å². The molecule has 2 amide bonds. The van der Waals surface area contributed by atoms with Crippen molar-refractivity contribution in [2.45, 2.75) is 17.9 Å². The number of benzene rings is 3. The minimum Gasteiger partial charge on any atom is -0.452 e. The number of carbonyl (C=O) groups excluding carboxylic acids is 3. The number of halogens is 1. The van der Waals surface area contributed by atoms with Gasteiger partial charge in [0.25, 0.3) is 5.91 Å². The number of hydrogen-bond donors (Lipinski definition) is 1. The van der Waals surface area contributed by atoms with E-state index >= 15 is 0 Å². The third-order valence-corrected chi connectivity index (χ3v) is 6.48. The fraction of sp³-hybridized carbons (Fsp3) is 0.192. The molecule has 3 aromatic rings. The van der Waals surface area contributed by atoms with Crippen LogP contribution in [-0.4, -0.2) is 41.6 Å². The molecule has 1 aliphatic rings. The highest BCUT2D eigenvalue weighted by atomic mass is 32.2. The number of amides is 2. The molecule has 1 aliphatic heterocycles. The lowest BCUT2D eigenvalue weighted by Crippen LogP contribution is -2.38. The van der Waals surface area contributed by atoms with E-state index in [4.69, 9.17) is 4.74 Å². The van der Waals surface area contributed by atoms with E-state index in [1.54, 1.807) is 29.2 Å². The van der Waals surface area contributed by atoms with Crippen LogP contribution in [0.15, 0.2) is 77.7 Å². The highest BCUT2D eigenvalue weighted by Crippen LogP contribution is 2.24. The summed E-state index contributed by atoms with van der Waals surface area (Å²) in [5, 5.41) is 2.68. The molecule has 6 nitrogen and oxygen atoms in total. The predicted molar refractivity (Wildman–Crippen MR) is 128 cm³/mol. The van der Waals surface area contributed by atoms with Crippen molar-refractivity contribution >= 4 is 35.2 Å². The number of hydrogen-bond acceptors (Lipinski definition) is 5. The summed E-state index contributed by atoms with van der Waals surface area (Å²) in [7, 11) is 0. The zero-order valence-electron chi connectivity index (χ0n) is 18.3. The second-order valence-electron chi connectivity index (χ2n) is 7.75. The van der Waals surface area contributed by atoms with Crippen LogP contribution in [0.2, 0.25) is 0 Å². The first-order valence-electron chi connectivity index (χ1n) is 10.8. The van der Waals surface area contributed by atoms with Gasteiger partial charge >= 0.3 is 5.97 Å². The smallest absolute Gasteiger partial charge is 0.339 e. The highest BCUT2D eigenvalue weighted by molar-refractivity contribution is 8.00. The second kappa shape index (κ2) is 11.0. The predicted octanol–water partition coefficient (Wildman–Crippen LogP) is 4.30. The molecule has 0 atom stereocenters. The molecule has 1 heterocycles. The topological polar surface area (TPSA) is 75.7 Å². The van der Waals surface area contributed by atoms with Crippen molar-refractivity contribution in [3.63, 3.8) is 0 Å². The van der Waals surface area contributed by atoms with Crippen LogP contribution in [0, 0.1) is 5.82 Å². The van der Waals surface area contributed by atoms with Gasteiger partial charge in [-0.25, -0.2) is 9.18 Å². The number of fused-ring (bicyclic) bond motifs is 1. The monoisotopic (exact) mass is 478 g/mol. The summed E-state index contributed by atoms with van der Waals surface area (Å²) in [4.78, 5) is 39.8. The molecule has 0 spiro atoms. The maximum absolute atomic E-state index is 13.0. The third-order valence-electron chi connectivity index (χ3n) is 5.40. The molecule has 0 unspecified atom stereocenters. The molecule has 0 aliphatic carbocycles. The lowest BCUT2D eigenvalue weighted by atomic mass is 10.00. The van der Waals surface area contributed by atoms with Gasteiger partial charge in [0.1, 0.15) is 5.82 Å². The summed E-state index contributed by atoms with van der Waals surface area (Å²) in [6.07, 6.45) is 0.773. The first-order chi connectivity index (χ1) is 16.5. The molecule has 0 bridgehead atoms. The summed E-state index contributed by atoms with van der Waals surface area (Å²) >= 11 is 1.18. The minimum absolute atomic E-state index is 0.0494. The Morgan fingerprint density at radius 2 is 1.65 bits per heavy atom. The number of anilines is 1. The van der Waals surface area contributed by atoms with E-state index in [0.717, 1.165) is 12.0 Å². The van der Waals surface area contributed by atoms with Crippen molar-refractivity contribution in [2.24, 2.45) is 0 Å². The molecule has 0 saturated carbocycles. The molecule has 0 radical (unpaired) electrons. The summed E-state index contributed by atoms with van der Waals surface area (Å²) in [5.41, 5.74) is 3.12. The second-order valence-corrected chi connectivity index (χ2v) is 8.77. The first-order valence-corrected chi connectivity index (χ1v) is 11.8. The first kappa shape index (κ1) is 23.5. The van der Waals surface area contributed by atoms with E-state index in [0.29, 0.717) is 29.2 Å². The van der Waals surface area contributed by atoms with E-state index in [1.807, 2.05) is 18.2 Å². The van der Waals surface area contributed by atoms with Crippen LogP contribution in [0.3, 0.4) is 0 Å². The Hall–Kier alpha value is -3.65. The zero-order valence-corrected chi connectivity index (χ0v) is 19.1. The van der Waals surface area contributed by atoms with Gasteiger partial charge in [-0.2, -0.15) is 0 Å². The van der Waals surface area contributed by atoms with Crippen molar-refractivity contribution in [3.05, 3.63) is 95.3 Å². The standard InChI is InChI=1S/C26H23FN2O4S/c27-20-9-11-21(12-10-20)28-24(30)17-34-23-8-4-3-7-22(23)26(32)33-16-25(31)29-14-13-18-5-1-2-6-19(18)15-29/h1-12H,13-17H2,(H,28,30). The van der Waals surface area contributed by atoms with Crippen molar-refractivity contribution in [1.29, 1.82) is 0 Å². The van der Waals surface area contributed by atoms with Crippen LogP contribution in [0.4, 0.5) is 10.1 Å². The number of carbonyl (C=O) groups is 3. The Morgan fingerprint density at radius 1 is 0.941 bits per heavy atom. The summed E-state index contributed by atoms with van der Waals surface area (Å²) in [5.74, 6) is -1.49. The van der Waals surface area contributed by atoms with E-state index in [2.05, 4.69) is 11.4 Å². The number of esters is 1. The van der Waals surface area contributed by atoms with Gasteiger partial charge in [-0.05, 0) is 53.9 Å². The van der Waals surface area contributed by atoms with Gasteiger partial charge in [0, 0.05) is 23.7 Å². The largest absolute Gasteiger partial charge is 0.452 e. The molecule has 4 rings (SSSR count). The Kier molecular flexibility index (Phi) is 7.59. The van der Waals surface area contributed by atoms with Crippen LogP contribution in [0.1, 0.15) is 21.5 Å². The number of nitrogens with zero attached hydrogens (tertiary/aromatic N) is 1. The summed E-state index contributed by atoms with van der Waals surface area (Å²) < 4.78 is 18.3. The number of rotatable bonds is 7. The lowest BCUT2D eigenvalue weighted by Gasteiger charge is -2.28. The fourth-order valence-electron chi connectivity index (χ4n) is 3.64. The molecule has 0 aromatic heterocycles. The number of ether oxygens (including phenoxy) is 1. The van der Waals surface area contributed by atoms with Crippen LogP contribution in [-0.2, 0) is 27.3 Å². The molecule has 174 valence electrons. The third kappa shape index (κ3) is 6.02. The van der Waals surface area contributed by atoms with Gasteiger partial charge in [-0.1, -0.05) is 36.4 Å². The van der Waals surface area contributed by atoms with Gasteiger partial charge in [-0.15, -0.1) is 11.8 Å². The van der Waals surface area contributed by atoms with Crippen LogP contribution < -0.4 is 5.32 Å². The molecule has 3 aromatic carbocycles. The van der Waals surface area contributed by atoms with E-state index in [-0.39, 0.29) is 30.0 Å². The quantitative estimate of drug-likeness (QED) is 0.405. The molecule has 1 N–H and O–H groups in total. The van der Waals surface area contributed by atoms with E-state index in [9.17, 15) is 18.8 Å². The summed E-state index contributed by atoms with van der Waals surface area (Å²) in [6.45, 7) is 0.746. The van der Waals surface area contributed by atoms with Gasteiger partial charge in [0.15, 0.2) is 6.61 Å². The van der Waals surface area contributed by atoms with Crippen LogP contribution in [0.25, 0.3) is 0 Å². The van der Waals surface area contributed by atoms with Gasteiger partial charge in [-0.3, -0.25) is 9.59 Å². The minimum atomic E-state index is -0.618. The zero-order chi connectivity index (χ0) is 23.9. The van der Waals surface area contributed by atoms with Crippen LogP contribution in [0.5, 0.6) is 0 Å². The van der Waals surface area contributed by atoms with Crippen molar-refractivity contribution < 1.29 is 23.5 Å². The van der Waals surface area contributed by atoms with Gasteiger partial charge in [0.2, 0.25) is 5.91 Å². The number of thioether (sulfide) groups is 1. The molecule has 34 heavy (non-hydrogen) atoms. The van der Waals surface area contributed by atoms with Gasteiger partial charge < -0.3 is 15.0 Å². The van der Waals surface area contributed by atoms with E-state index < -0.39 is 5.97 Å². The molecule has 0 fully saturated rings. The Labute approximate surface area is 201 Å². The lowest BCUT2D eigenvalue weighted by molar-refractivity contribution is -0.135. The average molecular weight is 479 g/mol. The average Bonchev–Trinajstić information content (AvgIpc) is 2.87. The highest BCUT2D eigenvalue weighted by Gasteiger charge is 2.22. The normalized spacial score (nSPS) is 12.6. The van der Waals surface area contributed by atoms with Crippen molar-refractivity contribution in [1.82, 2.24) is 4.90 Å². The Bertz CT molecular complexity index is 1200. The molecule has 0 saturated heterocycles. The molecular weight excluding hydrogens is 455 g/mol. The SMILES string of the molecule is O=C(CSc1ccccc1C(=O)OCC(=O)N1CCc2ccccc2C1)Nc1ccc(F)cc1. The van der Waals surface area contributed by atoms with Gasteiger partial charge in [0.05, 0.1) is 11.3 Å². The number of nitrogens with one attached hydrogen (secondary N) is 1. The molecule has 8 heteroatoms. The van der Waals surface area contributed by atoms with Crippen LogP contribution >= 0.6 is 11.8 Å². The summed E-state index contributed by atoms with van der Waals surface area (Å²) in [6, 6.07) is 20.2.